The van der Waals surface area contributed by atoms with Crippen LogP contribution in [0.1, 0.15) is 84.6 Å². The van der Waals surface area contributed by atoms with Crippen LogP contribution in [0.4, 0.5) is 22.7 Å². The van der Waals surface area contributed by atoms with Crippen LogP contribution in [0.2, 0.25) is 0 Å². The van der Waals surface area contributed by atoms with Crippen molar-refractivity contribution in [2.75, 3.05) is 10.6 Å². The molecule has 376 valence electrons. The highest BCUT2D eigenvalue weighted by atomic mass is 15.1. The molecule has 0 aliphatic carbocycles. The van der Waals surface area contributed by atoms with E-state index in [-0.39, 0.29) is 16.2 Å². The molecule has 0 amide bonds. The van der Waals surface area contributed by atoms with E-state index in [1.54, 1.807) is 0 Å². The average molecular weight is 992 g/mol. The van der Waals surface area contributed by atoms with Gasteiger partial charge < -0.3 is 10.6 Å². The number of benzene rings is 8. The number of anilines is 4. The molecule has 3 heterocycles. The molecule has 0 bridgehead atoms. The van der Waals surface area contributed by atoms with Crippen molar-refractivity contribution >= 4 is 44.6 Å². The molecule has 7 nitrogen and oxygen atoms in total. The number of aryl methyl sites for hydroxylation is 1. The maximum atomic E-state index is 5.55. The summed E-state index contributed by atoms with van der Waals surface area (Å²) in [7, 11) is 0. The summed E-state index contributed by atoms with van der Waals surface area (Å²) in [6.07, 6.45) is 1.88. The van der Waals surface area contributed by atoms with Gasteiger partial charge in [0.2, 0.25) is 0 Å². The van der Waals surface area contributed by atoms with E-state index in [2.05, 4.69) is 272 Å². The van der Waals surface area contributed by atoms with Gasteiger partial charge in [0, 0.05) is 50.5 Å². The van der Waals surface area contributed by atoms with E-state index >= 15 is 0 Å². The minimum absolute atomic E-state index is 0.0784. The molecule has 0 saturated heterocycles. The van der Waals surface area contributed by atoms with Gasteiger partial charge in [0.15, 0.2) is 17.5 Å². The minimum Gasteiger partial charge on any atom is -0.354 e. The summed E-state index contributed by atoms with van der Waals surface area (Å²) in [4.78, 5) is 21.4. The molecule has 0 aliphatic rings. The van der Waals surface area contributed by atoms with Gasteiger partial charge in [-0.25, -0.2) is 19.9 Å². The molecule has 0 radical (unpaired) electrons. The zero-order valence-electron chi connectivity index (χ0n) is 45.3. The van der Waals surface area contributed by atoms with Crippen molar-refractivity contribution in [1.82, 2.24) is 24.5 Å². The van der Waals surface area contributed by atoms with Gasteiger partial charge in [0.1, 0.15) is 5.82 Å². The van der Waals surface area contributed by atoms with Crippen LogP contribution in [0.25, 0.3) is 84.0 Å². The zero-order chi connectivity index (χ0) is 52.9. The Hall–Kier alpha value is -8.68. The number of nitrogens with one attached hydrogen (secondary N) is 2. The fraction of sp³-hybridized carbons (Fsp3) is 0.188. The van der Waals surface area contributed by atoms with Gasteiger partial charge >= 0.3 is 0 Å². The fourth-order valence-corrected chi connectivity index (χ4v) is 10.4. The Morgan fingerprint density at radius 2 is 0.934 bits per heavy atom. The van der Waals surface area contributed by atoms with Crippen LogP contribution in [0.15, 0.2) is 200 Å². The second-order valence-corrected chi connectivity index (χ2v) is 23.1. The molecule has 0 atom stereocenters. The van der Waals surface area contributed by atoms with Gasteiger partial charge in [-0.3, -0.25) is 4.57 Å². The summed E-state index contributed by atoms with van der Waals surface area (Å²) in [5.74, 6) is 2.69. The largest absolute Gasteiger partial charge is 0.354 e. The predicted molar refractivity (Wildman–Crippen MR) is 319 cm³/mol. The van der Waals surface area contributed by atoms with Gasteiger partial charge in [0.05, 0.1) is 28.1 Å². The summed E-state index contributed by atoms with van der Waals surface area (Å²) < 4.78 is 2.26. The van der Waals surface area contributed by atoms with Crippen LogP contribution in [-0.2, 0) is 16.2 Å². The summed E-state index contributed by atoms with van der Waals surface area (Å²) in [5.41, 5.74) is 17.5. The predicted octanol–water partition coefficient (Wildman–Crippen LogP) is 18.4. The molecule has 11 aromatic rings. The Kier molecular flexibility index (Phi) is 12.7. The lowest BCUT2D eigenvalue weighted by Crippen LogP contribution is -2.23. The first-order chi connectivity index (χ1) is 36.5. The molecular formula is C69H65N7. The van der Waals surface area contributed by atoms with E-state index in [0.717, 1.165) is 94.9 Å². The topological polar surface area (TPSA) is 80.5 Å². The normalized spacial score (nSPS) is 12.1. The van der Waals surface area contributed by atoms with Crippen LogP contribution in [-0.4, -0.2) is 24.5 Å². The Balaban J connectivity index is 1.08. The van der Waals surface area contributed by atoms with Crippen LogP contribution in [0, 0.1) is 6.92 Å². The first-order valence-electron chi connectivity index (χ1n) is 26.4. The van der Waals surface area contributed by atoms with E-state index in [1.165, 1.54) is 16.7 Å². The highest BCUT2D eigenvalue weighted by Gasteiger charge is 2.32. The first kappa shape index (κ1) is 49.5. The number of hydrogen-bond donors (Lipinski definition) is 2. The van der Waals surface area contributed by atoms with Crippen molar-refractivity contribution in [3.8, 4) is 62.2 Å². The van der Waals surface area contributed by atoms with E-state index in [9.17, 15) is 0 Å². The lowest BCUT2D eigenvalue weighted by atomic mass is 9.72. The van der Waals surface area contributed by atoms with E-state index < -0.39 is 0 Å². The van der Waals surface area contributed by atoms with Crippen molar-refractivity contribution in [1.29, 1.82) is 0 Å². The minimum atomic E-state index is -0.237. The molecule has 0 spiro atoms. The van der Waals surface area contributed by atoms with E-state index in [0.29, 0.717) is 17.5 Å². The van der Waals surface area contributed by atoms with Crippen LogP contribution >= 0.6 is 0 Å². The highest BCUT2D eigenvalue weighted by Crippen LogP contribution is 2.45. The molecular weight excluding hydrogens is 927 g/mol. The third kappa shape index (κ3) is 9.77. The Morgan fingerprint density at radius 3 is 1.54 bits per heavy atom. The summed E-state index contributed by atoms with van der Waals surface area (Å²) in [6, 6.07) is 68.6. The van der Waals surface area contributed by atoms with Crippen LogP contribution < -0.4 is 10.6 Å². The van der Waals surface area contributed by atoms with E-state index in [4.69, 9.17) is 19.9 Å². The number of nitrogens with zero attached hydrogens (tertiary/aromatic N) is 5. The molecule has 0 saturated carbocycles. The summed E-state index contributed by atoms with van der Waals surface area (Å²) in [5, 5.41) is 10.0. The average Bonchev–Trinajstić information content (AvgIpc) is 3.83. The van der Waals surface area contributed by atoms with Gasteiger partial charge in [-0.05, 0) is 105 Å². The monoisotopic (exact) mass is 992 g/mol. The molecule has 8 aromatic carbocycles. The van der Waals surface area contributed by atoms with Crippen LogP contribution in [0.3, 0.4) is 0 Å². The molecule has 3 aromatic heterocycles. The number of rotatable bonds is 10. The SMILES string of the molecule is Cc1ccnc(-n2c3ccccc3c3ccc(-c4nc(-c5cccc(Nc6ccccc6Nc6c(-c7ccccc7)cccc6-c6ccccc6)c5)nc(-c5c(C(C)(C)C)cc(C(C)(C)C)cc5C(C)(C)C)n4)cc32)c1. The fourth-order valence-electron chi connectivity index (χ4n) is 10.4. The lowest BCUT2D eigenvalue weighted by molar-refractivity contribution is 0.550. The molecule has 76 heavy (non-hydrogen) atoms. The smallest absolute Gasteiger partial charge is 0.164 e. The van der Waals surface area contributed by atoms with Crippen molar-refractivity contribution in [3.63, 3.8) is 0 Å². The molecule has 0 aliphatic heterocycles. The standard InChI is InChI=1S/C69H65N7/c1-44-37-38-70-61(39-44)76-59-34-20-17-29-53(59)54-36-35-48(41-60(54)76)65-73-64(74-66(75-65)62-55(68(5,6)7)42-49(67(2,3)4)43-56(62)69(8,9)10)47-27-21-28-50(40-47)71-57-32-18-19-33-58(57)72-63-51(45-23-13-11-14-24-45)30-22-31-52(63)46-25-15-12-16-26-46/h11-43,71-72H,1-10H3. The maximum absolute atomic E-state index is 5.55. The zero-order valence-corrected chi connectivity index (χ0v) is 45.3. The van der Waals surface area contributed by atoms with Crippen molar-refractivity contribution in [2.45, 2.75) is 85.5 Å². The Bertz CT molecular complexity index is 3850. The first-order valence-corrected chi connectivity index (χ1v) is 26.4. The molecule has 11 rings (SSSR count). The summed E-state index contributed by atoms with van der Waals surface area (Å²) in [6.45, 7) is 22.8. The highest BCUT2D eigenvalue weighted by molar-refractivity contribution is 6.10. The van der Waals surface area contributed by atoms with E-state index in [1.807, 2.05) is 12.3 Å². The van der Waals surface area contributed by atoms with Gasteiger partial charge in [-0.2, -0.15) is 0 Å². The van der Waals surface area contributed by atoms with Gasteiger partial charge in [-0.15, -0.1) is 0 Å². The van der Waals surface area contributed by atoms with Gasteiger partial charge in [-0.1, -0.05) is 208 Å². The second-order valence-electron chi connectivity index (χ2n) is 23.1. The van der Waals surface area contributed by atoms with Crippen molar-refractivity contribution in [3.05, 3.63) is 223 Å². The van der Waals surface area contributed by atoms with Crippen molar-refractivity contribution < 1.29 is 0 Å². The number of fused-ring (bicyclic) bond motifs is 3. The third-order valence-corrected chi connectivity index (χ3v) is 14.4. The molecule has 7 heteroatoms. The molecule has 2 N–H and O–H groups in total. The van der Waals surface area contributed by atoms with Crippen molar-refractivity contribution in [2.24, 2.45) is 0 Å². The summed E-state index contributed by atoms with van der Waals surface area (Å²) >= 11 is 0. The second kappa shape index (κ2) is 19.5. The van der Waals surface area contributed by atoms with Crippen LogP contribution in [0.5, 0.6) is 0 Å². The number of aromatic nitrogens is 5. The third-order valence-electron chi connectivity index (χ3n) is 14.4. The number of para-hydroxylation sites is 4. The quantitative estimate of drug-likeness (QED) is 0.142. The Labute approximate surface area is 447 Å². The Morgan fingerprint density at radius 1 is 0.408 bits per heavy atom. The molecule has 0 fully saturated rings. The maximum Gasteiger partial charge on any atom is 0.164 e. The lowest BCUT2D eigenvalue weighted by Gasteiger charge is -2.33. The number of hydrogen-bond acceptors (Lipinski definition) is 6. The molecule has 0 unspecified atom stereocenters. The van der Waals surface area contributed by atoms with Gasteiger partial charge in [0.25, 0.3) is 0 Å². The number of pyridine rings is 1.